The molecule has 38 heavy (non-hydrogen) atoms. The zero-order valence-electron chi connectivity index (χ0n) is 21.0. The second-order valence-electron chi connectivity index (χ2n) is 7.89. The first-order valence-electron chi connectivity index (χ1n) is 11.7. The fraction of sp³-hybridized carbons (Fsp3) is 0.591. The largest absolute Gasteiger partial charge is 0.423 e. The molecule has 2 aromatic heterocycles. The van der Waals surface area contributed by atoms with E-state index >= 15 is 0 Å². The quantitative estimate of drug-likeness (QED) is 0.302. The highest BCUT2D eigenvalue weighted by Crippen LogP contribution is 2.30. The highest BCUT2D eigenvalue weighted by Gasteiger charge is 2.36. The number of H-pyrrole nitrogens is 1. The van der Waals surface area contributed by atoms with Gasteiger partial charge in [-0.05, 0) is 12.8 Å². The number of aromatic nitrogens is 4. The van der Waals surface area contributed by atoms with Gasteiger partial charge in [0.1, 0.15) is 5.56 Å². The molecule has 16 heteroatoms. The van der Waals surface area contributed by atoms with Gasteiger partial charge in [-0.25, -0.2) is 15.1 Å². The summed E-state index contributed by atoms with van der Waals surface area (Å²) >= 11 is 0. The number of piperazine rings is 1. The number of nitrogens with two attached hydrogens (primary N) is 1. The molecule has 0 aromatic carbocycles. The van der Waals surface area contributed by atoms with Crippen LogP contribution < -0.4 is 16.2 Å². The summed E-state index contributed by atoms with van der Waals surface area (Å²) in [5.74, 6) is 0.258. The molecule has 0 radical (unpaired) electrons. The predicted molar refractivity (Wildman–Crippen MR) is 127 cm³/mol. The number of amides is 1. The van der Waals surface area contributed by atoms with Crippen LogP contribution in [0.1, 0.15) is 44.2 Å². The molecule has 0 saturated carbocycles. The van der Waals surface area contributed by atoms with Crippen molar-refractivity contribution in [1.82, 2.24) is 25.1 Å². The topological polar surface area (TPSA) is 130 Å². The fourth-order valence-electron chi connectivity index (χ4n) is 2.86. The van der Waals surface area contributed by atoms with Gasteiger partial charge >= 0.3 is 12.4 Å². The Kier molecular flexibility index (Phi) is 13.5. The second kappa shape index (κ2) is 15.7. The lowest BCUT2D eigenvalue weighted by Gasteiger charge is -2.32. The number of hydrogen-bond acceptors (Lipinski definition) is 8. The second-order valence-corrected chi connectivity index (χ2v) is 7.89. The Hall–Kier alpha value is -3.43. The summed E-state index contributed by atoms with van der Waals surface area (Å²) in [4.78, 5) is 31.8. The van der Waals surface area contributed by atoms with Crippen LogP contribution in [0.4, 0.5) is 38.0 Å². The first-order valence-corrected chi connectivity index (χ1v) is 11.7. The van der Waals surface area contributed by atoms with Gasteiger partial charge in [0, 0.05) is 51.8 Å². The number of carbonyl (C=O) groups is 1. The average Bonchev–Trinajstić information content (AvgIpc) is 2.86. The van der Waals surface area contributed by atoms with E-state index in [1.165, 1.54) is 12.8 Å². The number of aromatic amines is 1. The van der Waals surface area contributed by atoms with Gasteiger partial charge in [-0.3, -0.25) is 9.59 Å². The minimum absolute atomic E-state index is 0.258. The monoisotopic (exact) mass is 555 g/mol. The van der Waals surface area contributed by atoms with Crippen molar-refractivity contribution in [2.75, 3.05) is 50.0 Å². The smallest absolute Gasteiger partial charge is 0.397 e. The molecule has 1 saturated heterocycles. The molecule has 214 valence electrons. The Bertz CT molecular complexity index is 1000. The number of carbonyl (C=O) groups excluding carboxylic acids is 1. The summed E-state index contributed by atoms with van der Waals surface area (Å²) in [6.07, 6.45) is -2.53. The molecule has 3 heterocycles. The highest BCUT2D eigenvalue weighted by atomic mass is 19.4. The van der Waals surface area contributed by atoms with Gasteiger partial charge in [0.05, 0.1) is 17.4 Å². The van der Waals surface area contributed by atoms with E-state index < -0.39 is 34.7 Å². The summed E-state index contributed by atoms with van der Waals surface area (Å²) in [5, 5.41) is 4.74. The van der Waals surface area contributed by atoms with Gasteiger partial charge < -0.3 is 20.3 Å². The van der Waals surface area contributed by atoms with E-state index in [1.807, 2.05) is 0 Å². The molecular formula is C22H31F6N7O3. The van der Waals surface area contributed by atoms with Crippen molar-refractivity contribution in [2.24, 2.45) is 0 Å². The molecule has 0 spiro atoms. The Morgan fingerprint density at radius 1 is 0.974 bits per heavy atom. The standard InChI is InChI=1S/C10H11F3N4O.C7H16O.C5H4F3N3O/c11-10(12,13)8-5-14-9(15-6-8)17-3-1-16(7-18)2-4-17;1-3-5-7-8-6-4-2;6-5(7,8)3-2(9)1-10-11-4(3)12/h5-7H,1-4H2;3-7H2,1-2H3;1H,(H3,9,11,12). The molecule has 1 amide bonds. The molecule has 3 rings (SSSR count). The summed E-state index contributed by atoms with van der Waals surface area (Å²) in [6.45, 7) is 8.27. The van der Waals surface area contributed by atoms with Gasteiger partial charge in [0.2, 0.25) is 12.4 Å². The molecule has 10 nitrogen and oxygen atoms in total. The number of rotatable bonds is 7. The van der Waals surface area contributed by atoms with Gasteiger partial charge in [-0.15, -0.1) is 0 Å². The van der Waals surface area contributed by atoms with E-state index in [-0.39, 0.29) is 5.95 Å². The number of nitrogens with one attached hydrogen (secondary N) is 1. The maximum absolute atomic E-state index is 12.3. The van der Waals surface area contributed by atoms with Crippen molar-refractivity contribution in [3.05, 3.63) is 40.1 Å². The van der Waals surface area contributed by atoms with E-state index in [4.69, 9.17) is 10.5 Å². The molecule has 2 aromatic rings. The highest BCUT2D eigenvalue weighted by molar-refractivity contribution is 5.48. The molecule has 1 aliphatic heterocycles. The van der Waals surface area contributed by atoms with E-state index in [9.17, 15) is 35.9 Å². The normalized spacial score (nSPS) is 13.7. The van der Waals surface area contributed by atoms with Crippen LogP contribution in [0.3, 0.4) is 0 Å². The third kappa shape index (κ3) is 11.3. The number of nitrogens with zero attached hydrogens (tertiary/aromatic N) is 5. The van der Waals surface area contributed by atoms with Crippen molar-refractivity contribution < 1.29 is 35.9 Å². The maximum atomic E-state index is 12.3. The molecular weight excluding hydrogens is 524 g/mol. The number of ether oxygens (including phenoxy) is 1. The average molecular weight is 556 g/mol. The van der Waals surface area contributed by atoms with Crippen molar-refractivity contribution in [1.29, 1.82) is 0 Å². The molecule has 0 atom stereocenters. The Balaban J connectivity index is 0.000000313. The van der Waals surface area contributed by atoms with Gasteiger partial charge in [0.15, 0.2) is 0 Å². The number of unbranched alkanes of at least 4 members (excludes halogenated alkanes) is 1. The molecule has 0 unspecified atom stereocenters. The van der Waals surface area contributed by atoms with Crippen LogP contribution in [0.2, 0.25) is 0 Å². The van der Waals surface area contributed by atoms with E-state index in [0.717, 1.165) is 44.6 Å². The van der Waals surface area contributed by atoms with Crippen LogP contribution in [0.15, 0.2) is 23.4 Å². The molecule has 0 bridgehead atoms. The summed E-state index contributed by atoms with van der Waals surface area (Å²) in [5.41, 5.74) is 0.631. The lowest BCUT2D eigenvalue weighted by molar-refractivity contribution is -0.138. The van der Waals surface area contributed by atoms with Gasteiger partial charge in [-0.2, -0.15) is 31.4 Å². The third-order valence-corrected chi connectivity index (χ3v) is 4.87. The van der Waals surface area contributed by atoms with Crippen LogP contribution in [-0.4, -0.2) is 70.9 Å². The number of hydrogen-bond donors (Lipinski definition) is 2. The SMILES string of the molecule is CCCCOCCC.Nc1cn[nH]c(=O)c1C(F)(F)F.O=CN1CCN(c2ncc(C(F)(F)F)cn2)CC1. The van der Waals surface area contributed by atoms with Crippen molar-refractivity contribution in [2.45, 2.75) is 45.5 Å². The molecule has 1 fully saturated rings. The molecule has 0 aliphatic carbocycles. The van der Waals surface area contributed by atoms with Gasteiger partial charge in [-0.1, -0.05) is 20.3 Å². The summed E-state index contributed by atoms with van der Waals surface area (Å²) < 4.78 is 78.1. The number of nitrogen functional groups attached to an aromatic ring is 1. The Morgan fingerprint density at radius 2 is 1.58 bits per heavy atom. The van der Waals surface area contributed by atoms with Crippen LogP contribution in [-0.2, 0) is 21.9 Å². The fourth-order valence-corrected chi connectivity index (χ4v) is 2.86. The lowest BCUT2D eigenvalue weighted by atomic mass is 10.2. The van der Waals surface area contributed by atoms with Crippen LogP contribution >= 0.6 is 0 Å². The first-order chi connectivity index (χ1) is 17.8. The zero-order valence-corrected chi connectivity index (χ0v) is 21.0. The van der Waals surface area contributed by atoms with Crippen molar-refractivity contribution >= 4 is 18.0 Å². The maximum Gasteiger partial charge on any atom is 0.423 e. The third-order valence-electron chi connectivity index (χ3n) is 4.87. The number of halogens is 6. The Morgan fingerprint density at radius 3 is 2.00 bits per heavy atom. The summed E-state index contributed by atoms with van der Waals surface area (Å²) in [7, 11) is 0. The van der Waals surface area contributed by atoms with Crippen molar-refractivity contribution in [3.8, 4) is 0 Å². The number of anilines is 2. The van der Waals surface area contributed by atoms with E-state index in [1.54, 1.807) is 14.9 Å². The van der Waals surface area contributed by atoms with Crippen LogP contribution in [0.25, 0.3) is 0 Å². The molecule has 3 N–H and O–H groups in total. The van der Waals surface area contributed by atoms with E-state index in [0.29, 0.717) is 26.2 Å². The summed E-state index contributed by atoms with van der Waals surface area (Å²) in [6, 6.07) is 0. The number of alkyl halides is 6. The lowest BCUT2D eigenvalue weighted by Crippen LogP contribution is -2.46. The molecule has 1 aliphatic rings. The Labute approximate surface area is 215 Å². The zero-order chi connectivity index (χ0) is 28.8. The minimum Gasteiger partial charge on any atom is -0.397 e. The van der Waals surface area contributed by atoms with Crippen LogP contribution in [0, 0.1) is 0 Å². The van der Waals surface area contributed by atoms with Gasteiger partial charge in [0.25, 0.3) is 5.56 Å². The first kappa shape index (κ1) is 32.6. The van der Waals surface area contributed by atoms with Crippen molar-refractivity contribution in [3.63, 3.8) is 0 Å². The predicted octanol–water partition coefficient (Wildman–Crippen LogP) is 3.36. The van der Waals surface area contributed by atoms with Crippen LogP contribution in [0.5, 0.6) is 0 Å². The van der Waals surface area contributed by atoms with E-state index in [2.05, 4.69) is 28.9 Å². The minimum atomic E-state index is -4.74.